The van der Waals surface area contributed by atoms with Crippen LogP contribution in [0.5, 0.6) is 0 Å². The van der Waals surface area contributed by atoms with Crippen LogP contribution < -0.4 is 0 Å². The quantitative estimate of drug-likeness (QED) is 0.850. The molecule has 1 aliphatic heterocycles. The van der Waals surface area contributed by atoms with Crippen LogP contribution in [0.2, 0.25) is 0 Å². The van der Waals surface area contributed by atoms with Crippen molar-refractivity contribution in [1.29, 1.82) is 0 Å². The number of carbonyl (C=O) groups excluding carboxylic acids is 1. The largest absolute Gasteiger partial charge is 0.480 e. The predicted molar refractivity (Wildman–Crippen MR) is 72.0 cm³/mol. The number of hydrogen-bond acceptors (Lipinski definition) is 2. The molecule has 5 heteroatoms. The highest BCUT2D eigenvalue weighted by atomic mass is 16.4. The van der Waals surface area contributed by atoms with Crippen molar-refractivity contribution in [2.75, 3.05) is 26.2 Å². The molecule has 2 fully saturated rings. The summed E-state index contributed by atoms with van der Waals surface area (Å²) >= 11 is 0. The topological polar surface area (TPSA) is 60.9 Å². The second-order valence-electron chi connectivity index (χ2n) is 5.98. The van der Waals surface area contributed by atoms with Gasteiger partial charge in [0.15, 0.2) is 0 Å². The first-order valence-electron chi connectivity index (χ1n) is 7.32. The molecule has 5 nitrogen and oxygen atoms in total. The second kappa shape index (κ2) is 5.80. The maximum Gasteiger partial charge on any atom is 0.323 e. The van der Waals surface area contributed by atoms with Crippen LogP contribution in [0.15, 0.2) is 0 Å². The molecule has 0 aromatic rings. The Kier molecular flexibility index (Phi) is 4.32. The van der Waals surface area contributed by atoms with Gasteiger partial charge >= 0.3 is 12.0 Å². The van der Waals surface area contributed by atoms with Crippen LogP contribution in [-0.4, -0.2) is 53.1 Å². The molecule has 1 saturated heterocycles. The molecule has 1 spiro atoms. The van der Waals surface area contributed by atoms with Crippen LogP contribution in [0.4, 0.5) is 4.79 Å². The first-order valence-corrected chi connectivity index (χ1v) is 7.32. The van der Waals surface area contributed by atoms with Crippen molar-refractivity contribution in [2.24, 2.45) is 5.41 Å². The van der Waals surface area contributed by atoms with E-state index >= 15 is 0 Å². The van der Waals surface area contributed by atoms with Gasteiger partial charge in [0.1, 0.15) is 6.54 Å². The van der Waals surface area contributed by atoms with Gasteiger partial charge in [0.05, 0.1) is 0 Å². The summed E-state index contributed by atoms with van der Waals surface area (Å²) in [5.41, 5.74) is 0.344. The minimum Gasteiger partial charge on any atom is -0.480 e. The lowest BCUT2D eigenvalue weighted by Gasteiger charge is -2.28. The van der Waals surface area contributed by atoms with E-state index in [1.165, 1.54) is 30.6 Å². The average molecular weight is 268 g/mol. The van der Waals surface area contributed by atoms with Crippen LogP contribution in [0.3, 0.4) is 0 Å². The molecule has 0 radical (unpaired) electrons. The van der Waals surface area contributed by atoms with E-state index in [1.807, 2.05) is 11.8 Å². The molecule has 1 N–H and O–H groups in total. The molecule has 2 rings (SSSR count). The second-order valence-corrected chi connectivity index (χ2v) is 5.98. The zero-order chi connectivity index (χ0) is 13.9. The Balaban J connectivity index is 1.96. The van der Waals surface area contributed by atoms with E-state index < -0.39 is 5.97 Å². The van der Waals surface area contributed by atoms with Gasteiger partial charge in [-0.25, -0.2) is 4.79 Å². The van der Waals surface area contributed by atoms with Gasteiger partial charge in [-0.1, -0.05) is 19.8 Å². The SMILES string of the molecule is CCCN(CC(=O)O)C(=O)N1CCC2(CCCC2)C1. The van der Waals surface area contributed by atoms with Crippen LogP contribution >= 0.6 is 0 Å². The fourth-order valence-electron chi connectivity index (χ4n) is 3.51. The van der Waals surface area contributed by atoms with Gasteiger partial charge in [0.2, 0.25) is 0 Å². The zero-order valence-corrected chi connectivity index (χ0v) is 11.7. The molecule has 1 saturated carbocycles. The van der Waals surface area contributed by atoms with Crippen molar-refractivity contribution in [3.05, 3.63) is 0 Å². The Morgan fingerprint density at radius 1 is 1.26 bits per heavy atom. The maximum atomic E-state index is 12.4. The lowest BCUT2D eigenvalue weighted by Crippen LogP contribution is -2.45. The number of carboxylic acid groups (broad SMARTS) is 1. The predicted octanol–water partition coefficient (Wildman–Crippen LogP) is 2.17. The Hall–Kier alpha value is -1.26. The van der Waals surface area contributed by atoms with Gasteiger partial charge in [0.25, 0.3) is 0 Å². The van der Waals surface area contributed by atoms with Gasteiger partial charge in [0, 0.05) is 19.6 Å². The fraction of sp³-hybridized carbons (Fsp3) is 0.857. The molecule has 0 bridgehead atoms. The molecule has 2 amide bonds. The molecule has 0 atom stereocenters. The van der Waals surface area contributed by atoms with Crippen LogP contribution in [0, 0.1) is 5.41 Å². The highest BCUT2D eigenvalue weighted by Crippen LogP contribution is 2.45. The number of nitrogens with zero attached hydrogens (tertiary/aromatic N) is 2. The minimum atomic E-state index is -0.934. The van der Waals surface area contributed by atoms with Gasteiger partial charge in [-0.15, -0.1) is 0 Å². The molecule has 1 aliphatic carbocycles. The summed E-state index contributed by atoms with van der Waals surface area (Å²) in [6.07, 6.45) is 6.88. The van der Waals surface area contributed by atoms with E-state index in [1.54, 1.807) is 0 Å². The van der Waals surface area contributed by atoms with E-state index in [-0.39, 0.29) is 12.6 Å². The van der Waals surface area contributed by atoms with E-state index in [2.05, 4.69) is 0 Å². The maximum absolute atomic E-state index is 12.4. The van der Waals surface area contributed by atoms with Crippen molar-refractivity contribution < 1.29 is 14.7 Å². The molecule has 0 aromatic carbocycles. The monoisotopic (exact) mass is 268 g/mol. The summed E-state index contributed by atoms with van der Waals surface area (Å²) in [6.45, 7) is 3.92. The standard InChI is InChI=1S/C14H24N2O3/c1-2-8-15(10-12(17)18)13(19)16-9-7-14(11-16)5-3-4-6-14/h2-11H2,1H3,(H,17,18). The molecule has 19 heavy (non-hydrogen) atoms. The minimum absolute atomic E-state index is 0.0898. The molecule has 0 unspecified atom stereocenters. The Bertz CT molecular complexity index is 351. The molecule has 0 aromatic heterocycles. The Labute approximate surface area is 114 Å². The molecule has 108 valence electrons. The fourth-order valence-corrected chi connectivity index (χ4v) is 3.51. The van der Waals surface area contributed by atoms with Crippen molar-refractivity contribution in [3.8, 4) is 0 Å². The van der Waals surface area contributed by atoms with Crippen LogP contribution in [-0.2, 0) is 4.79 Å². The third kappa shape index (κ3) is 3.19. The first kappa shape index (κ1) is 14.2. The van der Waals surface area contributed by atoms with E-state index in [9.17, 15) is 9.59 Å². The van der Waals surface area contributed by atoms with Crippen LogP contribution in [0.1, 0.15) is 45.4 Å². The smallest absolute Gasteiger partial charge is 0.323 e. The van der Waals surface area contributed by atoms with Crippen LogP contribution in [0.25, 0.3) is 0 Å². The number of urea groups is 1. The van der Waals surface area contributed by atoms with E-state index in [0.29, 0.717) is 12.0 Å². The van der Waals surface area contributed by atoms with Crippen molar-refractivity contribution >= 4 is 12.0 Å². The summed E-state index contributed by atoms with van der Waals surface area (Å²) in [7, 11) is 0. The van der Waals surface area contributed by atoms with E-state index in [4.69, 9.17) is 5.11 Å². The number of amides is 2. The number of carbonyl (C=O) groups is 2. The summed E-state index contributed by atoms with van der Waals surface area (Å²) in [4.78, 5) is 26.6. The van der Waals surface area contributed by atoms with Crippen molar-refractivity contribution in [3.63, 3.8) is 0 Å². The van der Waals surface area contributed by atoms with E-state index in [0.717, 1.165) is 25.9 Å². The lowest BCUT2D eigenvalue weighted by molar-refractivity contribution is -0.137. The van der Waals surface area contributed by atoms with Gasteiger partial charge < -0.3 is 14.9 Å². The number of likely N-dealkylation sites (tertiary alicyclic amines) is 1. The highest BCUT2D eigenvalue weighted by Gasteiger charge is 2.42. The molecule has 1 heterocycles. The lowest BCUT2D eigenvalue weighted by atomic mass is 9.86. The number of hydrogen-bond donors (Lipinski definition) is 1. The summed E-state index contributed by atoms with van der Waals surface area (Å²) in [6, 6.07) is -0.0898. The van der Waals surface area contributed by atoms with Gasteiger partial charge in [-0.2, -0.15) is 0 Å². The summed E-state index contributed by atoms with van der Waals surface area (Å²) in [5.74, 6) is -0.934. The molecular weight excluding hydrogens is 244 g/mol. The Morgan fingerprint density at radius 3 is 2.53 bits per heavy atom. The van der Waals surface area contributed by atoms with Crippen molar-refractivity contribution in [1.82, 2.24) is 9.80 Å². The summed E-state index contributed by atoms with van der Waals surface area (Å²) in [5, 5.41) is 8.89. The Morgan fingerprint density at radius 2 is 1.95 bits per heavy atom. The average Bonchev–Trinajstić information content (AvgIpc) is 2.98. The first-order chi connectivity index (χ1) is 9.06. The third-order valence-corrected chi connectivity index (χ3v) is 4.46. The van der Waals surface area contributed by atoms with Gasteiger partial charge in [-0.05, 0) is 31.1 Å². The van der Waals surface area contributed by atoms with Crippen molar-refractivity contribution in [2.45, 2.75) is 45.4 Å². The number of carboxylic acids is 1. The number of aliphatic carboxylic acids is 1. The number of rotatable bonds is 4. The normalized spacial score (nSPS) is 21.0. The van der Waals surface area contributed by atoms with Gasteiger partial charge in [-0.3, -0.25) is 4.79 Å². The summed E-state index contributed by atoms with van der Waals surface area (Å²) < 4.78 is 0. The molecule has 2 aliphatic rings. The molecular formula is C14H24N2O3. The zero-order valence-electron chi connectivity index (χ0n) is 11.7. The highest BCUT2D eigenvalue weighted by molar-refractivity contribution is 5.80. The third-order valence-electron chi connectivity index (χ3n) is 4.46.